The van der Waals surface area contributed by atoms with Gasteiger partial charge in [0.25, 0.3) is 10.0 Å². The van der Waals surface area contributed by atoms with E-state index in [9.17, 15) is 8.42 Å². The highest BCUT2D eigenvalue weighted by atomic mass is 32.2. The van der Waals surface area contributed by atoms with Gasteiger partial charge in [-0.25, -0.2) is 17.4 Å². The number of benzene rings is 2. The molecule has 3 aromatic rings. The highest BCUT2D eigenvalue weighted by molar-refractivity contribution is 7.99. The summed E-state index contributed by atoms with van der Waals surface area (Å²) in [4.78, 5) is 4.63. The number of nitrogens with zero attached hydrogens (tertiary/aromatic N) is 2. The quantitative estimate of drug-likeness (QED) is 0.698. The van der Waals surface area contributed by atoms with E-state index in [0.29, 0.717) is 16.2 Å². The Morgan fingerprint density at radius 3 is 2.35 bits per heavy atom. The van der Waals surface area contributed by atoms with Gasteiger partial charge in [-0.1, -0.05) is 42.1 Å². The minimum absolute atomic E-state index is 0.262. The van der Waals surface area contributed by atoms with Gasteiger partial charge in [0.15, 0.2) is 5.16 Å². The van der Waals surface area contributed by atoms with Crippen LogP contribution in [0.1, 0.15) is 0 Å². The summed E-state index contributed by atoms with van der Waals surface area (Å²) in [6.07, 6.45) is 1.82. The van der Waals surface area contributed by atoms with Crippen molar-refractivity contribution in [1.82, 2.24) is 8.96 Å². The summed E-state index contributed by atoms with van der Waals surface area (Å²) >= 11 is 1.32. The summed E-state index contributed by atoms with van der Waals surface area (Å²) in [7, 11) is -3.63. The lowest BCUT2D eigenvalue weighted by Crippen LogP contribution is -2.13. The van der Waals surface area contributed by atoms with Crippen LogP contribution in [0, 0.1) is 0 Å². The third-order valence-corrected chi connectivity index (χ3v) is 5.43. The van der Waals surface area contributed by atoms with Gasteiger partial charge in [-0.05, 0) is 30.5 Å². The van der Waals surface area contributed by atoms with Crippen molar-refractivity contribution in [2.75, 3.05) is 6.26 Å². The van der Waals surface area contributed by atoms with Gasteiger partial charge in [-0.3, -0.25) is 0 Å². The molecule has 0 bridgehead atoms. The molecule has 0 saturated carbocycles. The maximum absolute atomic E-state index is 12.8. The molecule has 0 saturated heterocycles. The monoisotopic (exact) mass is 304 g/mol. The van der Waals surface area contributed by atoms with Crippen molar-refractivity contribution in [3.05, 3.63) is 54.6 Å². The van der Waals surface area contributed by atoms with E-state index in [0.717, 1.165) is 0 Å². The third-order valence-electron chi connectivity index (χ3n) is 2.95. The van der Waals surface area contributed by atoms with Gasteiger partial charge in [0, 0.05) is 0 Å². The second kappa shape index (κ2) is 4.96. The fraction of sp³-hybridized carbons (Fsp3) is 0.0714. The van der Waals surface area contributed by atoms with E-state index in [2.05, 4.69) is 4.98 Å². The van der Waals surface area contributed by atoms with E-state index in [4.69, 9.17) is 0 Å². The summed E-state index contributed by atoms with van der Waals surface area (Å²) in [5, 5.41) is 0.468. The lowest BCUT2D eigenvalue weighted by Gasteiger charge is -2.08. The van der Waals surface area contributed by atoms with Crippen LogP contribution in [0.25, 0.3) is 11.0 Å². The number of aromatic nitrogens is 2. The molecular weight excluding hydrogens is 292 g/mol. The molecule has 0 N–H and O–H groups in total. The smallest absolute Gasteiger partial charge is 0.222 e. The molecule has 4 nitrogen and oxygen atoms in total. The highest BCUT2D eigenvalue weighted by Crippen LogP contribution is 2.27. The van der Waals surface area contributed by atoms with E-state index in [-0.39, 0.29) is 4.90 Å². The first-order chi connectivity index (χ1) is 9.64. The summed E-state index contributed by atoms with van der Waals surface area (Å²) in [6, 6.07) is 15.6. The Hall–Kier alpha value is -1.79. The molecule has 0 spiro atoms. The maximum atomic E-state index is 12.8. The van der Waals surface area contributed by atoms with Gasteiger partial charge in [0.05, 0.1) is 15.9 Å². The van der Waals surface area contributed by atoms with Crippen molar-refractivity contribution in [2.24, 2.45) is 0 Å². The first-order valence-corrected chi connectivity index (χ1v) is 8.63. The lowest BCUT2D eigenvalue weighted by molar-refractivity contribution is 0.584. The topological polar surface area (TPSA) is 52.0 Å². The molecule has 2 aromatic carbocycles. The van der Waals surface area contributed by atoms with Crippen LogP contribution in [0.15, 0.2) is 64.6 Å². The van der Waals surface area contributed by atoms with E-state index in [1.165, 1.54) is 15.7 Å². The molecule has 0 unspecified atom stereocenters. The van der Waals surface area contributed by atoms with Gasteiger partial charge < -0.3 is 0 Å². The molecule has 1 aromatic heterocycles. The Morgan fingerprint density at radius 1 is 1.00 bits per heavy atom. The van der Waals surface area contributed by atoms with Crippen LogP contribution in [0.4, 0.5) is 0 Å². The zero-order valence-electron chi connectivity index (χ0n) is 10.7. The number of hydrogen-bond donors (Lipinski definition) is 0. The van der Waals surface area contributed by atoms with E-state index < -0.39 is 10.0 Å². The molecule has 0 atom stereocenters. The van der Waals surface area contributed by atoms with Gasteiger partial charge in [-0.2, -0.15) is 0 Å². The lowest BCUT2D eigenvalue weighted by atomic mass is 10.3. The first-order valence-electron chi connectivity index (χ1n) is 5.96. The second-order valence-electron chi connectivity index (χ2n) is 4.17. The Morgan fingerprint density at radius 2 is 1.65 bits per heavy atom. The summed E-state index contributed by atoms with van der Waals surface area (Å²) < 4.78 is 26.9. The average molecular weight is 304 g/mol. The van der Waals surface area contributed by atoms with Crippen LogP contribution in [0.2, 0.25) is 0 Å². The molecule has 102 valence electrons. The fourth-order valence-electron chi connectivity index (χ4n) is 2.04. The number of thioether (sulfide) groups is 1. The number of para-hydroxylation sites is 2. The fourth-order valence-corrected chi connectivity index (χ4v) is 4.38. The van der Waals surface area contributed by atoms with Gasteiger partial charge in [0.2, 0.25) is 0 Å². The van der Waals surface area contributed by atoms with Crippen LogP contribution in [0.5, 0.6) is 0 Å². The van der Waals surface area contributed by atoms with Crippen molar-refractivity contribution < 1.29 is 8.42 Å². The minimum atomic E-state index is -3.63. The van der Waals surface area contributed by atoms with Gasteiger partial charge in [-0.15, -0.1) is 0 Å². The molecule has 20 heavy (non-hydrogen) atoms. The normalized spacial score (nSPS) is 11.8. The van der Waals surface area contributed by atoms with Crippen molar-refractivity contribution in [1.29, 1.82) is 0 Å². The Bertz CT molecular complexity index is 855. The molecule has 0 aliphatic heterocycles. The zero-order valence-corrected chi connectivity index (χ0v) is 12.4. The van der Waals surface area contributed by atoms with Crippen LogP contribution in [-0.2, 0) is 10.0 Å². The Balaban J connectivity index is 2.34. The average Bonchev–Trinajstić information content (AvgIpc) is 2.87. The molecule has 3 rings (SSSR count). The number of hydrogen-bond acceptors (Lipinski definition) is 4. The molecule has 0 aliphatic rings. The Kier molecular flexibility index (Phi) is 3.27. The Labute approximate surface area is 121 Å². The maximum Gasteiger partial charge on any atom is 0.270 e. The van der Waals surface area contributed by atoms with E-state index >= 15 is 0 Å². The number of fused-ring (bicyclic) bond motifs is 1. The van der Waals surface area contributed by atoms with Crippen LogP contribution in [0.3, 0.4) is 0 Å². The standard InChI is InChI=1S/C14H12N2O2S2/c1-19-14-15-12-9-5-6-10-13(12)16(14)20(17,18)11-7-3-2-4-8-11/h2-10H,1H3. The SMILES string of the molecule is CSc1nc2ccccc2n1S(=O)(=O)c1ccccc1. The summed E-state index contributed by atoms with van der Waals surface area (Å²) in [5.41, 5.74) is 1.28. The van der Waals surface area contributed by atoms with Crippen LogP contribution < -0.4 is 0 Å². The van der Waals surface area contributed by atoms with E-state index in [1.54, 1.807) is 36.4 Å². The van der Waals surface area contributed by atoms with Crippen molar-refractivity contribution in [3.63, 3.8) is 0 Å². The first kappa shape index (κ1) is 13.2. The predicted molar refractivity (Wildman–Crippen MR) is 80.5 cm³/mol. The van der Waals surface area contributed by atoms with Crippen molar-refractivity contribution in [3.8, 4) is 0 Å². The predicted octanol–water partition coefficient (Wildman–Crippen LogP) is 3.00. The summed E-state index contributed by atoms with van der Waals surface area (Å²) in [6.45, 7) is 0. The minimum Gasteiger partial charge on any atom is -0.222 e. The van der Waals surface area contributed by atoms with E-state index in [1.807, 2.05) is 24.5 Å². The molecule has 0 radical (unpaired) electrons. The third kappa shape index (κ3) is 2.01. The summed E-state index contributed by atoms with van der Waals surface area (Å²) in [5.74, 6) is 0. The number of imidazole rings is 1. The molecule has 1 heterocycles. The highest BCUT2D eigenvalue weighted by Gasteiger charge is 2.23. The zero-order chi connectivity index (χ0) is 14.2. The van der Waals surface area contributed by atoms with Crippen molar-refractivity contribution >= 4 is 32.8 Å². The molecule has 0 amide bonds. The molecule has 0 aliphatic carbocycles. The van der Waals surface area contributed by atoms with Crippen LogP contribution >= 0.6 is 11.8 Å². The van der Waals surface area contributed by atoms with Gasteiger partial charge in [0.1, 0.15) is 0 Å². The van der Waals surface area contributed by atoms with Crippen LogP contribution in [-0.4, -0.2) is 23.6 Å². The molecular formula is C14H12N2O2S2. The molecule has 0 fully saturated rings. The largest absolute Gasteiger partial charge is 0.270 e. The second-order valence-corrected chi connectivity index (χ2v) is 6.73. The number of rotatable bonds is 3. The van der Waals surface area contributed by atoms with Crippen molar-refractivity contribution in [2.45, 2.75) is 10.1 Å². The molecule has 6 heteroatoms. The van der Waals surface area contributed by atoms with Gasteiger partial charge >= 0.3 is 0 Å².